The first kappa shape index (κ1) is 15.1. The highest BCUT2D eigenvalue weighted by molar-refractivity contribution is 5.37. The number of hydrogen-bond donors (Lipinski definition) is 3. The molecular formula is C12H20N8O. The van der Waals surface area contributed by atoms with E-state index < -0.39 is 6.10 Å². The molecule has 2 heterocycles. The summed E-state index contributed by atoms with van der Waals surface area (Å²) in [5.74, 6) is 1.57. The summed E-state index contributed by atoms with van der Waals surface area (Å²) in [5.41, 5.74) is 0. The van der Waals surface area contributed by atoms with Crippen LogP contribution in [0.2, 0.25) is 0 Å². The highest BCUT2D eigenvalue weighted by Crippen LogP contribution is 2.09. The molecule has 0 amide bonds. The van der Waals surface area contributed by atoms with Crippen molar-refractivity contribution < 1.29 is 5.11 Å². The molecule has 1 unspecified atom stereocenters. The number of nitrogens with one attached hydrogen (secondary N) is 2. The molecule has 0 aliphatic rings. The summed E-state index contributed by atoms with van der Waals surface area (Å²) in [5, 5.41) is 19.7. The minimum absolute atomic E-state index is 0.354. The monoisotopic (exact) mass is 292 g/mol. The van der Waals surface area contributed by atoms with E-state index in [2.05, 4.69) is 49.5 Å². The van der Waals surface area contributed by atoms with Crippen LogP contribution in [0.5, 0.6) is 0 Å². The van der Waals surface area contributed by atoms with Gasteiger partial charge < -0.3 is 15.7 Å². The van der Waals surface area contributed by atoms with Crippen LogP contribution in [0.25, 0.3) is 5.95 Å². The van der Waals surface area contributed by atoms with Crippen LogP contribution in [-0.2, 0) is 0 Å². The van der Waals surface area contributed by atoms with Crippen molar-refractivity contribution in [1.82, 2.24) is 29.7 Å². The average Bonchev–Trinajstić information content (AvgIpc) is 2.98. The molecule has 0 spiro atoms. The second-order valence-corrected chi connectivity index (χ2v) is 5.04. The standard InChI is InChI=1S/C12H20N8O/c1-8(2)4-9(21)5-15-11-17-10(13-3)18-12(19-11)20-7-14-6-16-20/h6-9,21H,4-5H2,1-3H3,(H2,13,15,17,18,19). The van der Waals surface area contributed by atoms with E-state index in [1.54, 1.807) is 7.05 Å². The lowest BCUT2D eigenvalue weighted by Crippen LogP contribution is -2.23. The number of aromatic nitrogens is 6. The van der Waals surface area contributed by atoms with Crippen molar-refractivity contribution in [1.29, 1.82) is 0 Å². The van der Waals surface area contributed by atoms with Gasteiger partial charge in [0.1, 0.15) is 12.7 Å². The first-order valence-corrected chi connectivity index (χ1v) is 6.79. The second kappa shape index (κ2) is 6.93. The van der Waals surface area contributed by atoms with E-state index in [4.69, 9.17) is 0 Å². The Morgan fingerprint density at radius 1 is 1.24 bits per heavy atom. The highest BCUT2D eigenvalue weighted by Gasteiger charge is 2.11. The third kappa shape index (κ3) is 4.35. The van der Waals surface area contributed by atoms with Gasteiger partial charge in [-0.05, 0) is 12.3 Å². The number of nitrogens with zero attached hydrogens (tertiary/aromatic N) is 6. The van der Waals surface area contributed by atoms with Crippen LogP contribution in [0.15, 0.2) is 12.7 Å². The summed E-state index contributed by atoms with van der Waals surface area (Å²) >= 11 is 0. The Balaban J connectivity index is 2.10. The molecule has 114 valence electrons. The molecule has 9 heteroatoms. The third-order valence-corrected chi connectivity index (χ3v) is 2.71. The zero-order chi connectivity index (χ0) is 15.2. The summed E-state index contributed by atoms with van der Waals surface area (Å²) in [6.45, 7) is 4.50. The summed E-state index contributed by atoms with van der Waals surface area (Å²) in [6.07, 6.45) is 3.18. The summed E-state index contributed by atoms with van der Waals surface area (Å²) in [6, 6.07) is 0. The Morgan fingerprint density at radius 3 is 2.62 bits per heavy atom. The lowest BCUT2D eigenvalue weighted by molar-refractivity contribution is 0.161. The van der Waals surface area contributed by atoms with E-state index in [0.29, 0.717) is 36.7 Å². The lowest BCUT2D eigenvalue weighted by atomic mass is 10.1. The van der Waals surface area contributed by atoms with Crippen molar-refractivity contribution in [3.63, 3.8) is 0 Å². The number of hydrogen-bond acceptors (Lipinski definition) is 8. The first-order chi connectivity index (χ1) is 10.1. The van der Waals surface area contributed by atoms with Gasteiger partial charge in [0.25, 0.3) is 5.95 Å². The molecular weight excluding hydrogens is 272 g/mol. The lowest BCUT2D eigenvalue weighted by Gasteiger charge is -2.14. The van der Waals surface area contributed by atoms with Crippen LogP contribution >= 0.6 is 0 Å². The van der Waals surface area contributed by atoms with Gasteiger partial charge in [0.05, 0.1) is 6.10 Å². The molecule has 0 aromatic carbocycles. The topological polar surface area (TPSA) is 114 Å². The van der Waals surface area contributed by atoms with E-state index in [-0.39, 0.29) is 0 Å². The SMILES string of the molecule is CNc1nc(NCC(O)CC(C)C)nc(-n2cncn2)n1. The van der Waals surface area contributed by atoms with Crippen LogP contribution in [0.3, 0.4) is 0 Å². The van der Waals surface area contributed by atoms with Crippen molar-refractivity contribution in [3.05, 3.63) is 12.7 Å². The van der Waals surface area contributed by atoms with Crippen LogP contribution in [0, 0.1) is 5.92 Å². The van der Waals surface area contributed by atoms with Crippen LogP contribution < -0.4 is 10.6 Å². The maximum Gasteiger partial charge on any atom is 0.258 e. The Labute approximate surface area is 122 Å². The molecule has 0 aliphatic heterocycles. The Hall–Kier alpha value is -2.29. The molecule has 2 rings (SSSR count). The van der Waals surface area contributed by atoms with Crippen LogP contribution in [-0.4, -0.2) is 54.5 Å². The van der Waals surface area contributed by atoms with Gasteiger partial charge in [-0.25, -0.2) is 4.98 Å². The summed E-state index contributed by atoms with van der Waals surface area (Å²) in [4.78, 5) is 16.5. The summed E-state index contributed by atoms with van der Waals surface area (Å²) in [7, 11) is 1.72. The Morgan fingerprint density at radius 2 is 2.00 bits per heavy atom. The Bertz CT molecular complexity index is 556. The van der Waals surface area contributed by atoms with Gasteiger partial charge in [0.15, 0.2) is 0 Å². The van der Waals surface area contributed by atoms with Gasteiger partial charge in [0, 0.05) is 13.6 Å². The highest BCUT2D eigenvalue weighted by atomic mass is 16.3. The maximum atomic E-state index is 9.88. The molecule has 0 saturated heterocycles. The first-order valence-electron chi connectivity index (χ1n) is 6.79. The molecule has 3 N–H and O–H groups in total. The fourth-order valence-electron chi connectivity index (χ4n) is 1.81. The van der Waals surface area contributed by atoms with Crippen LogP contribution in [0.1, 0.15) is 20.3 Å². The van der Waals surface area contributed by atoms with E-state index in [1.165, 1.54) is 17.3 Å². The molecule has 21 heavy (non-hydrogen) atoms. The largest absolute Gasteiger partial charge is 0.391 e. The quantitative estimate of drug-likeness (QED) is 0.668. The van der Waals surface area contributed by atoms with Gasteiger partial charge in [-0.3, -0.25) is 0 Å². The molecule has 0 radical (unpaired) electrons. The van der Waals surface area contributed by atoms with Gasteiger partial charge in [0.2, 0.25) is 11.9 Å². The zero-order valence-electron chi connectivity index (χ0n) is 12.4. The molecule has 2 aromatic heterocycles. The minimum Gasteiger partial charge on any atom is -0.391 e. The number of anilines is 2. The normalized spacial score (nSPS) is 12.4. The van der Waals surface area contributed by atoms with Crippen molar-refractivity contribution in [2.75, 3.05) is 24.2 Å². The van der Waals surface area contributed by atoms with E-state index in [9.17, 15) is 5.11 Å². The van der Waals surface area contributed by atoms with Gasteiger partial charge in [-0.2, -0.15) is 24.7 Å². The third-order valence-electron chi connectivity index (χ3n) is 2.71. The van der Waals surface area contributed by atoms with E-state index in [1.807, 2.05) is 0 Å². The van der Waals surface area contributed by atoms with Crippen molar-refractivity contribution in [2.45, 2.75) is 26.4 Å². The van der Waals surface area contributed by atoms with Gasteiger partial charge in [-0.15, -0.1) is 0 Å². The van der Waals surface area contributed by atoms with Gasteiger partial charge in [-0.1, -0.05) is 13.8 Å². The zero-order valence-corrected chi connectivity index (χ0v) is 12.4. The second-order valence-electron chi connectivity index (χ2n) is 5.04. The summed E-state index contributed by atoms with van der Waals surface area (Å²) < 4.78 is 1.44. The number of aliphatic hydroxyl groups is 1. The maximum absolute atomic E-state index is 9.88. The molecule has 0 fully saturated rings. The van der Waals surface area contributed by atoms with Crippen molar-refractivity contribution in [2.24, 2.45) is 5.92 Å². The molecule has 1 atom stereocenters. The number of rotatable bonds is 7. The predicted molar refractivity (Wildman–Crippen MR) is 78.2 cm³/mol. The molecule has 0 bridgehead atoms. The fraction of sp³-hybridized carbons (Fsp3) is 0.583. The average molecular weight is 292 g/mol. The smallest absolute Gasteiger partial charge is 0.258 e. The van der Waals surface area contributed by atoms with Crippen LogP contribution in [0.4, 0.5) is 11.9 Å². The molecule has 0 saturated carbocycles. The van der Waals surface area contributed by atoms with E-state index >= 15 is 0 Å². The van der Waals surface area contributed by atoms with Crippen molar-refractivity contribution >= 4 is 11.9 Å². The molecule has 0 aliphatic carbocycles. The van der Waals surface area contributed by atoms with Gasteiger partial charge >= 0.3 is 0 Å². The van der Waals surface area contributed by atoms with Crippen molar-refractivity contribution in [3.8, 4) is 5.95 Å². The number of aliphatic hydroxyl groups excluding tert-OH is 1. The predicted octanol–water partition coefficient (Wildman–Crippen LogP) is 0.313. The van der Waals surface area contributed by atoms with E-state index in [0.717, 1.165) is 0 Å². The Kier molecular flexibility index (Phi) is 4.99. The fourth-order valence-corrected chi connectivity index (χ4v) is 1.81. The molecule has 2 aromatic rings. The molecule has 9 nitrogen and oxygen atoms in total. The minimum atomic E-state index is -0.449.